The molecule has 0 unspecified atom stereocenters. The first kappa shape index (κ1) is 15.9. The molecule has 1 aliphatic rings. The van der Waals surface area contributed by atoms with E-state index in [1.165, 1.54) is 0 Å². The lowest BCUT2D eigenvalue weighted by molar-refractivity contribution is 0.626. The minimum atomic E-state index is -0.0353. The Bertz CT molecular complexity index is 1160. The molecule has 3 aromatic heterocycles. The van der Waals surface area contributed by atoms with E-state index >= 15 is 0 Å². The monoisotopic (exact) mass is 358 g/mol. The Labute approximate surface area is 155 Å². The molecule has 7 heteroatoms. The minimum Gasteiger partial charge on any atom is -0.298 e. The first-order valence-corrected chi connectivity index (χ1v) is 9.11. The smallest absolute Gasteiger partial charge is 0.261 e. The van der Waals surface area contributed by atoms with Crippen molar-refractivity contribution >= 4 is 10.9 Å². The minimum absolute atomic E-state index is 0.0353. The highest BCUT2D eigenvalue weighted by Gasteiger charge is 2.29. The maximum atomic E-state index is 12.7. The molecule has 1 aliphatic carbocycles. The molecule has 134 valence electrons. The van der Waals surface area contributed by atoms with E-state index in [-0.39, 0.29) is 5.56 Å². The van der Waals surface area contributed by atoms with Crippen LogP contribution in [0, 0.1) is 0 Å². The summed E-state index contributed by atoms with van der Waals surface area (Å²) in [6.45, 7) is 0.492. The molecule has 0 bridgehead atoms. The molecule has 0 saturated heterocycles. The molecule has 0 aliphatic heterocycles. The van der Waals surface area contributed by atoms with E-state index in [1.54, 1.807) is 21.8 Å². The van der Waals surface area contributed by atoms with Gasteiger partial charge < -0.3 is 0 Å². The fourth-order valence-corrected chi connectivity index (χ4v) is 3.19. The molecule has 1 saturated carbocycles. The predicted octanol–water partition coefficient (Wildman–Crippen LogP) is 2.49. The lowest BCUT2D eigenvalue weighted by atomic mass is 10.2. The molecule has 0 amide bonds. The molecule has 0 radical (unpaired) electrons. The van der Waals surface area contributed by atoms with Gasteiger partial charge in [0.05, 0.1) is 17.2 Å². The van der Waals surface area contributed by atoms with Crippen LogP contribution in [0.5, 0.6) is 0 Å². The second kappa shape index (κ2) is 6.42. The maximum absolute atomic E-state index is 12.7. The number of fused-ring (bicyclic) bond motifs is 1. The molecule has 1 fully saturated rings. The number of hydrogen-bond acceptors (Lipinski definition) is 5. The van der Waals surface area contributed by atoms with Gasteiger partial charge in [0.1, 0.15) is 5.82 Å². The van der Waals surface area contributed by atoms with Gasteiger partial charge in [-0.25, -0.2) is 15.0 Å². The van der Waals surface area contributed by atoms with Crippen molar-refractivity contribution in [3.63, 3.8) is 0 Å². The van der Waals surface area contributed by atoms with Crippen molar-refractivity contribution in [2.45, 2.75) is 31.7 Å². The molecule has 0 atom stereocenters. The van der Waals surface area contributed by atoms with Gasteiger partial charge in [-0.1, -0.05) is 18.2 Å². The zero-order valence-corrected chi connectivity index (χ0v) is 14.7. The van der Waals surface area contributed by atoms with Crippen LogP contribution in [0.25, 0.3) is 16.7 Å². The number of hydrogen-bond donors (Lipinski definition) is 0. The standard InChI is InChI=1S/C20H18N6O/c27-20-15-5-1-2-6-16(15)22-13-25(20)12-10-18-23-19(14-8-9-14)24-26(18)17-7-3-4-11-21-17/h1-7,11,13-14H,8-10,12H2. The Morgan fingerprint density at radius 2 is 1.89 bits per heavy atom. The highest BCUT2D eigenvalue weighted by Crippen LogP contribution is 2.38. The summed E-state index contributed by atoms with van der Waals surface area (Å²) in [4.78, 5) is 26.2. The maximum Gasteiger partial charge on any atom is 0.261 e. The quantitative estimate of drug-likeness (QED) is 0.548. The first-order valence-electron chi connectivity index (χ1n) is 9.11. The molecule has 7 nitrogen and oxygen atoms in total. The second-order valence-electron chi connectivity index (χ2n) is 6.77. The molecule has 0 N–H and O–H groups in total. The van der Waals surface area contributed by atoms with Gasteiger partial charge in [-0.05, 0) is 37.1 Å². The van der Waals surface area contributed by atoms with Crippen molar-refractivity contribution in [3.8, 4) is 5.82 Å². The topological polar surface area (TPSA) is 78.5 Å². The van der Waals surface area contributed by atoms with Crippen LogP contribution in [0.2, 0.25) is 0 Å². The van der Waals surface area contributed by atoms with Gasteiger partial charge in [0.25, 0.3) is 5.56 Å². The van der Waals surface area contributed by atoms with Crippen molar-refractivity contribution in [1.82, 2.24) is 29.3 Å². The van der Waals surface area contributed by atoms with Gasteiger partial charge in [0.15, 0.2) is 11.6 Å². The number of rotatable bonds is 5. The molecule has 0 spiro atoms. The molecule has 4 aromatic rings. The zero-order chi connectivity index (χ0) is 18.2. The summed E-state index contributed by atoms with van der Waals surface area (Å²) in [5.41, 5.74) is 0.679. The van der Waals surface area contributed by atoms with Crippen LogP contribution in [-0.4, -0.2) is 29.3 Å². The van der Waals surface area contributed by atoms with E-state index in [1.807, 2.05) is 42.5 Å². The third-order valence-electron chi connectivity index (χ3n) is 4.81. The Balaban J connectivity index is 1.47. The van der Waals surface area contributed by atoms with Gasteiger partial charge >= 0.3 is 0 Å². The first-order chi connectivity index (χ1) is 13.3. The lowest BCUT2D eigenvalue weighted by Gasteiger charge is -2.07. The van der Waals surface area contributed by atoms with E-state index in [2.05, 4.69) is 15.1 Å². The number of nitrogens with zero attached hydrogens (tertiary/aromatic N) is 6. The van der Waals surface area contributed by atoms with Crippen LogP contribution in [-0.2, 0) is 13.0 Å². The fourth-order valence-electron chi connectivity index (χ4n) is 3.19. The Hall–Kier alpha value is -3.35. The van der Waals surface area contributed by atoms with Crippen LogP contribution in [0.3, 0.4) is 0 Å². The van der Waals surface area contributed by atoms with E-state index in [4.69, 9.17) is 4.98 Å². The van der Waals surface area contributed by atoms with Crippen LogP contribution in [0.4, 0.5) is 0 Å². The van der Waals surface area contributed by atoms with Crippen LogP contribution in [0.1, 0.15) is 30.4 Å². The normalized spacial score (nSPS) is 13.9. The van der Waals surface area contributed by atoms with Gasteiger partial charge in [0.2, 0.25) is 0 Å². The average Bonchev–Trinajstić information content (AvgIpc) is 3.48. The summed E-state index contributed by atoms with van der Waals surface area (Å²) in [6.07, 6.45) is 6.21. The van der Waals surface area contributed by atoms with Gasteiger partial charge in [-0.2, -0.15) is 4.68 Å². The van der Waals surface area contributed by atoms with Crippen molar-refractivity contribution in [3.05, 3.63) is 77.0 Å². The highest BCUT2D eigenvalue weighted by atomic mass is 16.1. The van der Waals surface area contributed by atoms with Crippen molar-refractivity contribution in [1.29, 1.82) is 0 Å². The number of aromatic nitrogens is 6. The summed E-state index contributed by atoms with van der Waals surface area (Å²) >= 11 is 0. The molecule has 3 heterocycles. The van der Waals surface area contributed by atoms with Gasteiger partial charge in [0, 0.05) is 25.1 Å². The van der Waals surface area contributed by atoms with Gasteiger partial charge in [-0.15, -0.1) is 5.10 Å². The van der Waals surface area contributed by atoms with Crippen LogP contribution >= 0.6 is 0 Å². The third-order valence-corrected chi connectivity index (χ3v) is 4.81. The summed E-state index contributed by atoms with van der Waals surface area (Å²) in [5, 5.41) is 5.30. The lowest BCUT2D eigenvalue weighted by Crippen LogP contribution is -2.22. The third kappa shape index (κ3) is 3.01. The SMILES string of the molecule is O=c1c2ccccc2ncn1CCc1nc(C2CC2)nn1-c1ccccn1. The van der Waals surface area contributed by atoms with E-state index in [0.29, 0.717) is 29.8 Å². The van der Waals surface area contributed by atoms with Crippen molar-refractivity contribution in [2.24, 2.45) is 0 Å². The summed E-state index contributed by atoms with van der Waals surface area (Å²) in [6, 6.07) is 13.1. The van der Waals surface area contributed by atoms with Crippen molar-refractivity contribution < 1.29 is 0 Å². The fraction of sp³-hybridized carbons (Fsp3) is 0.250. The largest absolute Gasteiger partial charge is 0.298 e. The van der Waals surface area contributed by atoms with E-state index in [9.17, 15) is 4.79 Å². The van der Waals surface area contributed by atoms with Crippen LogP contribution < -0.4 is 5.56 Å². The predicted molar refractivity (Wildman–Crippen MR) is 101 cm³/mol. The summed E-state index contributed by atoms with van der Waals surface area (Å²) in [5.74, 6) is 2.89. The number of para-hydroxylation sites is 1. The Kier molecular flexibility index (Phi) is 3.78. The summed E-state index contributed by atoms with van der Waals surface area (Å²) in [7, 11) is 0. The number of benzene rings is 1. The summed E-state index contributed by atoms with van der Waals surface area (Å²) < 4.78 is 3.43. The highest BCUT2D eigenvalue weighted by molar-refractivity contribution is 5.76. The number of pyridine rings is 1. The zero-order valence-electron chi connectivity index (χ0n) is 14.7. The average molecular weight is 358 g/mol. The number of aryl methyl sites for hydroxylation is 2. The van der Waals surface area contributed by atoms with E-state index in [0.717, 1.165) is 30.3 Å². The van der Waals surface area contributed by atoms with Crippen LogP contribution in [0.15, 0.2) is 59.8 Å². The molecular formula is C20H18N6O. The van der Waals surface area contributed by atoms with E-state index < -0.39 is 0 Å². The molecule has 27 heavy (non-hydrogen) atoms. The van der Waals surface area contributed by atoms with Gasteiger partial charge in [-0.3, -0.25) is 9.36 Å². The van der Waals surface area contributed by atoms with Crippen molar-refractivity contribution in [2.75, 3.05) is 0 Å². The Morgan fingerprint density at radius 3 is 2.70 bits per heavy atom. The molecule has 1 aromatic carbocycles. The molecular weight excluding hydrogens is 340 g/mol. The molecule has 5 rings (SSSR count). The second-order valence-corrected chi connectivity index (χ2v) is 6.77. The Morgan fingerprint density at radius 1 is 1.04 bits per heavy atom.